The Balaban J connectivity index is 1.67. The van der Waals surface area contributed by atoms with E-state index in [0.717, 1.165) is 30.7 Å². The third-order valence-corrected chi connectivity index (χ3v) is 11.9. The van der Waals surface area contributed by atoms with Gasteiger partial charge in [-0.2, -0.15) is 4.31 Å². The lowest BCUT2D eigenvalue weighted by Crippen LogP contribution is -2.48. The highest BCUT2D eigenvalue weighted by atomic mass is 35.5. The van der Waals surface area contributed by atoms with E-state index in [9.17, 15) is 31.1 Å². The second-order valence-electron chi connectivity index (χ2n) is 12.3. The number of carbonyl (C=O) groups excluding carboxylic acids is 1. The minimum Gasteiger partial charge on any atom is -0.490 e. The van der Waals surface area contributed by atoms with Gasteiger partial charge in [0.15, 0.2) is 0 Å². The van der Waals surface area contributed by atoms with Gasteiger partial charge in [0.25, 0.3) is 15.9 Å². The van der Waals surface area contributed by atoms with Gasteiger partial charge in [0.05, 0.1) is 40.2 Å². The number of halogens is 2. The Morgan fingerprint density at radius 2 is 1.67 bits per heavy atom. The highest BCUT2D eigenvalue weighted by molar-refractivity contribution is 7.92. The fourth-order valence-electron chi connectivity index (χ4n) is 5.41. The number of rotatable bonds is 9. The summed E-state index contributed by atoms with van der Waals surface area (Å²) in [5, 5.41) is 10.6. The Labute approximate surface area is 293 Å². The number of carbonyl (C=O) groups is 1. The van der Waals surface area contributed by atoms with Gasteiger partial charge in [-0.15, -0.1) is 0 Å². The second kappa shape index (κ2) is 16.6. The summed E-state index contributed by atoms with van der Waals surface area (Å²) >= 11 is 5.97. The molecule has 0 saturated heterocycles. The number of hydrogen-bond acceptors (Lipinski definition) is 8. The highest BCUT2D eigenvalue weighted by Gasteiger charge is 2.32. The Bertz CT molecular complexity index is 1790. The number of aliphatic hydroxyl groups is 1. The number of anilines is 1. The average molecular weight is 740 g/mol. The van der Waals surface area contributed by atoms with Crippen molar-refractivity contribution in [2.45, 2.75) is 68.1 Å². The summed E-state index contributed by atoms with van der Waals surface area (Å²) in [6.07, 6.45) is 1.09. The number of nitrogens with zero attached hydrogens (tertiary/aromatic N) is 2. The molecule has 3 aromatic carbocycles. The van der Waals surface area contributed by atoms with Crippen molar-refractivity contribution < 1.29 is 40.6 Å². The van der Waals surface area contributed by atoms with Crippen LogP contribution in [0.25, 0.3) is 0 Å². The zero-order chi connectivity index (χ0) is 35.9. The van der Waals surface area contributed by atoms with E-state index >= 15 is 0 Å². The lowest BCUT2D eigenvalue weighted by atomic mass is 10.0. The molecular weight excluding hydrogens is 697 g/mol. The number of fused-ring (bicyclic) bond motifs is 1. The molecule has 49 heavy (non-hydrogen) atoms. The van der Waals surface area contributed by atoms with Crippen LogP contribution in [0.5, 0.6) is 5.75 Å². The lowest BCUT2D eigenvalue weighted by Gasteiger charge is -2.35. The summed E-state index contributed by atoms with van der Waals surface area (Å²) in [5.74, 6) is -1.29. The number of nitrogens with one attached hydrogen (secondary N) is 1. The van der Waals surface area contributed by atoms with Crippen molar-refractivity contribution >= 4 is 43.2 Å². The molecule has 15 heteroatoms. The number of aliphatic hydroxyl groups excluding tert-OH is 1. The third-order valence-electron chi connectivity index (χ3n) is 8.39. The van der Waals surface area contributed by atoms with Crippen LogP contribution in [0.4, 0.5) is 10.1 Å². The SMILES string of the molecule is C[C@H](CO)N1C[C@H](C)[C@@H](CN(C)S(=O)(=O)c2ccc(Cl)cc2)OCCCC[C@H](C)Oc2ccc(NS(=O)(=O)c3ccc(F)cc3)cc2C1=O. The molecule has 4 atom stereocenters. The van der Waals surface area contributed by atoms with Gasteiger partial charge in [-0.05, 0) is 99.8 Å². The topological polar surface area (TPSA) is 143 Å². The number of benzene rings is 3. The summed E-state index contributed by atoms with van der Waals surface area (Å²) in [7, 11) is -6.55. The predicted octanol–water partition coefficient (Wildman–Crippen LogP) is 5.40. The largest absolute Gasteiger partial charge is 0.490 e. The third kappa shape index (κ3) is 9.92. The van der Waals surface area contributed by atoms with Crippen LogP contribution >= 0.6 is 11.6 Å². The Kier molecular flexibility index (Phi) is 13.1. The van der Waals surface area contributed by atoms with Crippen molar-refractivity contribution in [3.05, 3.63) is 83.1 Å². The van der Waals surface area contributed by atoms with Gasteiger partial charge in [0.2, 0.25) is 10.0 Å². The summed E-state index contributed by atoms with van der Waals surface area (Å²) in [6.45, 7) is 5.42. The summed E-state index contributed by atoms with van der Waals surface area (Å²) in [6, 6.07) is 13.9. The molecule has 1 aliphatic rings. The quantitative estimate of drug-likeness (QED) is 0.297. The van der Waals surface area contributed by atoms with E-state index < -0.39 is 49.8 Å². The minimum absolute atomic E-state index is 0.00687. The molecule has 0 bridgehead atoms. The van der Waals surface area contributed by atoms with Crippen LogP contribution in [0.2, 0.25) is 5.02 Å². The van der Waals surface area contributed by atoms with Crippen LogP contribution in [0.3, 0.4) is 0 Å². The summed E-state index contributed by atoms with van der Waals surface area (Å²) < 4.78 is 82.6. The molecule has 3 aromatic rings. The maximum absolute atomic E-state index is 14.3. The Morgan fingerprint density at radius 3 is 2.33 bits per heavy atom. The zero-order valence-electron chi connectivity index (χ0n) is 27.9. The number of ether oxygens (including phenoxy) is 2. The van der Waals surface area contributed by atoms with Crippen molar-refractivity contribution in [3.63, 3.8) is 0 Å². The molecule has 0 radical (unpaired) electrons. The molecular formula is C34H43ClFN3O8S2. The van der Waals surface area contributed by atoms with E-state index in [-0.39, 0.29) is 52.6 Å². The van der Waals surface area contributed by atoms with Crippen molar-refractivity contribution in [2.24, 2.45) is 5.92 Å². The fraction of sp³-hybridized carbons (Fsp3) is 0.441. The number of likely N-dealkylation sites (N-methyl/N-ethyl adjacent to an activating group) is 1. The zero-order valence-corrected chi connectivity index (χ0v) is 30.3. The monoisotopic (exact) mass is 739 g/mol. The normalized spacial score (nSPS) is 20.6. The predicted molar refractivity (Wildman–Crippen MR) is 185 cm³/mol. The van der Waals surface area contributed by atoms with Crippen LogP contribution in [0, 0.1) is 11.7 Å². The molecule has 2 N–H and O–H groups in total. The lowest BCUT2D eigenvalue weighted by molar-refractivity contribution is -0.00833. The van der Waals surface area contributed by atoms with Crippen molar-refractivity contribution in [1.29, 1.82) is 0 Å². The van der Waals surface area contributed by atoms with Gasteiger partial charge in [0, 0.05) is 43.4 Å². The van der Waals surface area contributed by atoms with Gasteiger partial charge in [-0.1, -0.05) is 18.5 Å². The highest BCUT2D eigenvalue weighted by Crippen LogP contribution is 2.30. The smallest absolute Gasteiger partial charge is 0.261 e. The van der Waals surface area contributed by atoms with Gasteiger partial charge >= 0.3 is 0 Å². The first-order valence-electron chi connectivity index (χ1n) is 16.0. The maximum Gasteiger partial charge on any atom is 0.261 e. The van der Waals surface area contributed by atoms with E-state index in [1.54, 1.807) is 6.92 Å². The van der Waals surface area contributed by atoms with E-state index in [4.69, 9.17) is 21.1 Å². The molecule has 0 saturated carbocycles. The van der Waals surface area contributed by atoms with Crippen LogP contribution in [0.15, 0.2) is 76.5 Å². The van der Waals surface area contributed by atoms with E-state index in [0.29, 0.717) is 24.5 Å². The first-order chi connectivity index (χ1) is 23.1. The van der Waals surface area contributed by atoms with E-state index in [1.165, 1.54) is 58.7 Å². The van der Waals surface area contributed by atoms with Crippen LogP contribution in [-0.4, -0.2) is 88.7 Å². The van der Waals surface area contributed by atoms with Gasteiger partial charge < -0.3 is 19.5 Å². The molecule has 4 rings (SSSR count). The van der Waals surface area contributed by atoms with Gasteiger partial charge in [-0.25, -0.2) is 21.2 Å². The summed E-state index contributed by atoms with van der Waals surface area (Å²) in [4.78, 5) is 15.7. The van der Waals surface area contributed by atoms with Crippen LogP contribution in [-0.2, 0) is 24.8 Å². The minimum atomic E-state index is -4.13. The molecule has 0 aromatic heterocycles. The molecule has 0 spiro atoms. The van der Waals surface area contributed by atoms with Crippen molar-refractivity contribution in [3.8, 4) is 5.75 Å². The second-order valence-corrected chi connectivity index (χ2v) is 16.5. The number of sulfonamides is 2. The molecule has 0 unspecified atom stereocenters. The van der Waals surface area contributed by atoms with Crippen LogP contribution in [0.1, 0.15) is 50.4 Å². The van der Waals surface area contributed by atoms with E-state index in [1.807, 2.05) is 13.8 Å². The molecule has 0 fully saturated rings. The molecule has 1 heterocycles. The molecule has 1 aliphatic heterocycles. The van der Waals surface area contributed by atoms with Crippen molar-refractivity contribution in [2.75, 3.05) is 38.1 Å². The molecule has 268 valence electrons. The number of amides is 1. The van der Waals surface area contributed by atoms with Gasteiger partial charge in [-0.3, -0.25) is 9.52 Å². The first kappa shape index (κ1) is 38.5. The van der Waals surface area contributed by atoms with E-state index in [2.05, 4.69) is 4.72 Å². The fourth-order valence-corrected chi connectivity index (χ4v) is 7.77. The first-order valence-corrected chi connectivity index (χ1v) is 19.3. The Hall–Kier alpha value is -3.27. The molecule has 1 amide bonds. The standard InChI is InChI=1S/C34H43ClFN3O8S2/c1-23-20-39(24(2)22-40)34(41)31-19-28(37-48(42,43)29-15-10-27(36)11-16-29)12-17-32(31)47-25(3)7-5-6-18-46-33(23)21-38(4)49(44,45)30-13-8-26(35)9-14-30/h8-17,19,23-25,33,37,40H,5-7,18,20-22H2,1-4H3/t23-,24+,25-,33+/m0/s1. The van der Waals surface area contributed by atoms with Gasteiger partial charge in [0.1, 0.15) is 11.6 Å². The summed E-state index contributed by atoms with van der Waals surface area (Å²) in [5.41, 5.74) is 0.143. The number of hydrogen-bond donors (Lipinski definition) is 2. The van der Waals surface area contributed by atoms with Crippen molar-refractivity contribution in [1.82, 2.24) is 9.21 Å². The van der Waals surface area contributed by atoms with Crippen LogP contribution < -0.4 is 9.46 Å². The molecule has 0 aliphatic carbocycles. The maximum atomic E-state index is 14.3. The Morgan fingerprint density at radius 1 is 1.02 bits per heavy atom. The average Bonchev–Trinajstić information content (AvgIpc) is 3.06. The molecule has 11 nitrogen and oxygen atoms in total.